The van der Waals surface area contributed by atoms with Crippen LogP contribution in [0.1, 0.15) is 31.4 Å². The van der Waals surface area contributed by atoms with Gasteiger partial charge >= 0.3 is 0 Å². The molecular weight excluding hydrogens is 361 g/mol. The lowest BCUT2D eigenvalue weighted by Gasteiger charge is -2.32. The number of hydrogen-bond donors (Lipinski definition) is 2. The summed E-state index contributed by atoms with van der Waals surface area (Å²) in [7, 11) is 0. The standard InChI is InChI=1S/C18H27N3O2.2ClH/c1-14(21-8-10-23-11-9-21)16-4-6-17(7-5-16)20-18(22)13-19-12-15-2-3-15;;/h4-7,14-15,19H,2-3,8-13H2,1H3,(H,20,22);2*1H. The summed E-state index contributed by atoms with van der Waals surface area (Å²) in [6.45, 7) is 7.16. The number of benzene rings is 1. The molecule has 1 unspecified atom stereocenters. The maximum atomic E-state index is 11.9. The van der Waals surface area contributed by atoms with Crippen molar-refractivity contribution in [3.63, 3.8) is 0 Å². The highest BCUT2D eigenvalue weighted by molar-refractivity contribution is 5.92. The fourth-order valence-electron chi connectivity index (χ4n) is 2.94. The van der Waals surface area contributed by atoms with Gasteiger partial charge in [-0.05, 0) is 49.9 Å². The predicted octanol–water partition coefficient (Wildman–Crippen LogP) is 2.86. The minimum absolute atomic E-state index is 0. The predicted molar refractivity (Wildman–Crippen MR) is 106 cm³/mol. The van der Waals surface area contributed by atoms with Gasteiger partial charge in [-0.2, -0.15) is 0 Å². The molecule has 0 aromatic heterocycles. The summed E-state index contributed by atoms with van der Waals surface area (Å²) in [5.41, 5.74) is 2.14. The summed E-state index contributed by atoms with van der Waals surface area (Å²) in [6, 6.07) is 8.57. The number of amides is 1. The van der Waals surface area contributed by atoms with E-state index in [1.54, 1.807) is 0 Å². The highest BCUT2D eigenvalue weighted by Gasteiger charge is 2.21. The number of nitrogens with one attached hydrogen (secondary N) is 2. The van der Waals surface area contributed by atoms with Gasteiger partial charge < -0.3 is 15.4 Å². The van der Waals surface area contributed by atoms with E-state index >= 15 is 0 Å². The summed E-state index contributed by atoms with van der Waals surface area (Å²) in [4.78, 5) is 14.3. The number of ether oxygens (including phenoxy) is 1. The summed E-state index contributed by atoms with van der Waals surface area (Å²) < 4.78 is 5.40. The highest BCUT2D eigenvalue weighted by atomic mass is 35.5. The van der Waals surface area contributed by atoms with E-state index in [0.717, 1.165) is 44.5 Å². The van der Waals surface area contributed by atoms with E-state index in [-0.39, 0.29) is 30.7 Å². The second-order valence-corrected chi connectivity index (χ2v) is 6.57. The van der Waals surface area contributed by atoms with Gasteiger partial charge in [0.25, 0.3) is 0 Å². The number of anilines is 1. The maximum absolute atomic E-state index is 11.9. The molecule has 2 N–H and O–H groups in total. The molecule has 0 radical (unpaired) electrons. The zero-order valence-electron chi connectivity index (χ0n) is 14.7. The monoisotopic (exact) mass is 389 g/mol. The number of nitrogens with zero attached hydrogens (tertiary/aromatic N) is 1. The van der Waals surface area contributed by atoms with Crippen molar-refractivity contribution in [2.24, 2.45) is 5.92 Å². The third kappa shape index (κ3) is 7.12. The lowest BCUT2D eigenvalue weighted by molar-refractivity contribution is -0.115. The van der Waals surface area contributed by atoms with E-state index in [4.69, 9.17) is 4.74 Å². The maximum Gasteiger partial charge on any atom is 0.238 e. The average Bonchev–Trinajstić information content (AvgIpc) is 3.40. The Morgan fingerprint density at radius 3 is 2.44 bits per heavy atom. The summed E-state index contributed by atoms with van der Waals surface area (Å²) >= 11 is 0. The van der Waals surface area contributed by atoms with Crippen molar-refractivity contribution in [2.45, 2.75) is 25.8 Å². The Balaban J connectivity index is 0.00000156. The number of carbonyl (C=O) groups excluding carboxylic acids is 1. The van der Waals surface area contributed by atoms with Crippen LogP contribution in [0.2, 0.25) is 0 Å². The molecule has 142 valence electrons. The summed E-state index contributed by atoms with van der Waals surface area (Å²) in [5.74, 6) is 0.823. The van der Waals surface area contributed by atoms with E-state index in [1.807, 2.05) is 12.1 Å². The van der Waals surface area contributed by atoms with Crippen LogP contribution in [-0.2, 0) is 9.53 Å². The zero-order valence-corrected chi connectivity index (χ0v) is 16.3. The van der Waals surface area contributed by atoms with Crippen molar-refractivity contribution in [1.29, 1.82) is 0 Å². The first-order chi connectivity index (χ1) is 11.2. The molecule has 1 aromatic rings. The molecule has 1 saturated carbocycles. The number of rotatable bonds is 7. The molecule has 1 atom stereocenters. The third-order valence-corrected chi connectivity index (χ3v) is 4.69. The quantitative estimate of drug-likeness (QED) is 0.752. The van der Waals surface area contributed by atoms with Gasteiger partial charge in [0.05, 0.1) is 19.8 Å². The Morgan fingerprint density at radius 1 is 1.20 bits per heavy atom. The van der Waals surface area contributed by atoms with Crippen LogP contribution in [-0.4, -0.2) is 50.2 Å². The second kappa shape index (κ2) is 11.0. The van der Waals surface area contributed by atoms with Gasteiger partial charge in [0.1, 0.15) is 0 Å². The van der Waals surface area contributed by atoms with Gasteiger partial charge in [-0.3, -0.25) is 9.69 Å². The van der Waals surface area contributed by atoms with E-state index in [1.165, 1.54) is 18.4 Å². The van der Waals surface area contributed by atoms with E-state index in [0.29, 0.717) is 12.6 Å². The number of hydrogen-bond acceptors (Lipinski definition) is 4. The molecule has 1 saturated heterocycles. The Kier molecular flexibility index (Phi) is 9.75. The fourth-order valence-corrected chi connectivity index (χ4v) is 2.94. The lowest BCUT2D eigenvalue weighted by atomic mass is 10.1. The van der Waals surface area contributed by atoms with Crippen molar-refractivity contribution in [3.05, 3.63) is 29.8 Å². The van der Waals surface area contributed by atoms with E-state index in [2.05, 4.69) is 34.6 Å². The first kappa shape index (κ1) is 22.2. The fraction of sp³-hybridized carbons (Fsp3) is 0.611. The Morgan fingerprint density at radius 2 is 1.84 bits per heavy atom. The summed E-state index contributed by atoms with van der Waals surface area (Å²) in [6.07, 6.45) is 2.61. The number of halogens is 2. The molecule has 7 heteroatoms. The third-order valence-electron chi connectivity index (χ3n) is 4.69. The Labute approximate surface area is 162 Å². The molecular formula is C18H29Cl2N3O2. The van der Waals surface area contributed by atoms with Crippen molar-refractivity contribution in [2.75, 3.05) is 44.7 Å². The van der Waals surface area contributed by atoms with Gasteiger partial charge in [-0.15, -0.1) is 24.8 Å². The van der Waals surface area contributed by atoms with Crippen LogP contribution >= 0.6 is 24.8 Å². The molecule has 2 aliphatic rings. The first-order valence-corrected chi connectivity index (χ1v) is 8.64. The molecule has 25 heavy (non-hydrogen) atoms. The minimum Gasteiger partial charge on any atom is -0.379 e. The number of morpholine rings is 1. The Hall–Kier alpha value is -0.850. The first-order valence-electron chi connectivity index (χ1n) is 8.64. The van der Waals surface area contributed by atoms with Crippen LogP contribution in [0, 0.1) is 5.92 Å². The molecule has 0 bridgehead atoms. The van der Waals surface area contributed by atoms with Crippen LogP contribution in [0.15, 0.2) is 24.3 Å². The molecule has 1 amide bonds. The van der Waals surface area contributed by atoms with E-state index in [9.17, 15) is 4.79 Å². The number of carbonyl (C=O) groups is 1. The van der Waals surface area contributed by atoms with Crippen LogP contribution < -0.4 is 10.6 Å². The average molecular weight is 390 g/mol. The van der Waals surface area contributed by atoms with E-state index < -0.39 is 0 Å². The zero-order chi connectivity index (χ0) is 16.1. The van der Waals surface area contributed by atoms with Gasteiger partial charge in [0.15, 0.2) is 0 Å². The van der Waals surface area contributed by atoms with Gasteiger partial charge in [0.2, 0.25) is 5.91 Å². The van der Waals surface area contributed by atoms with Crippen molar-refractivity contribution >= 4 is 36.4 Å². The lowest BCUT2D eigenvalue weighted by Crippen LogP contribution is -2.38. The molecule has 2 fully saturated rings. The smallest absolute Gasteiger partial charge is 0.238 e. The molecule has 0 spiro atoms. The molecule has 5 nitrogen and oxygen atoms in total. The molecule has 1 aromatic carbocycles. The normalized spacial score (nSPS) is 18.6. The van der Waals surface area contributed by atoms with Gasteiger partial charge in [-0.25, -0.2) is 0 Å². The van der Waals surface area contributed by atoms with Crippen LogP contribution in [0.25, 0.3) is 0 Å². The molecule has 1 aliphatic carbocycles. The molecule has 1 heterocycles. The van der Waals surface area contributed by atoms with Crippen LogP contribution in [0.3, 0.4) is 0 Å². The highest BCUT2D eigenvalue weighted by Crippen LogP contribution is 2.27. The summed E-state index contributed by atoms with van der Waals surface area (Å²) in [5, 5.41) is 6.16. The van der Waals surface area contributed by atoms with Gasteiger partial charge in [-0.1, -0.05) is 12.1 Å². The van der Waals surface area contributed by atoms with Crippen molar-refractivity contribution < 1.29 is 9.53 Å². The Bertz CT molecular complexity index is 518. The molecule has 3 rings (SSSR count). The van der Waals surface area contributed by atoms with Crippen molar-refractivity contribution in [3.8, 4) is 0 Å². The van der Waals surface area contributed by atoms with Crippen LogP contribution in [0.5, 0.6) is 0 Å². The molecule has 1 aliphatic heterocycles. The topological polar surface area (TPSA) is 53.6 Å². The van der Waals surface area contributed by atoms with Gasteiger partial charge in [0, 0.05) is 24.8 Å². The van der Waals surface area contributed by atoms with Crippen LogP contribution in [0.4, 0.5) is 5.69 Å². The van der Waals surface area contributed by atoms with Crippen molar-refractivity contribution in [1.82, 2.24) is 10.2 Å². The second-order valence-electron chi connectivity index (χ2n) is 6.57. The minimum atomic E-state index is 0. The SMILES string of the molecule is CC(c1ccc(NC(=O)CNCC2CC2)cc1)N1CCOCC1.Cl.Cl. The largest absolute Gasteiger partial charge is 0.379 e.